The molecule has 0 aliphatic carbocycles. The number of aliphatic carboxylic acids is 1. The molecule has 1 atom stereocenters. The minimum absolute atomic E-state index is 0.331. The van der Waals surface area contributed by atoms with E-state index in [1.54, 1.807) is 13.2 Å². The monoisotopic (exact) mass is 237 g/mol. The van der Waals surface area contributed by atoms with Crippen LogP contribution in [0.5, 0.6) is 0 Å². The highest BCUT2D eigenvalue weighted by molar-refractivity contribution is 5.80. The summed E-state index contributed by atoms with van der Waals surface area (Å²) >= 11 is 0. The average Bonchev–Trinajstić information content (AvgIpc) is 2.75. The van der Waals surface area contributed by atoms with Gasteiger partial charge in [-0.05, 0) is 32.4 Å². The molecule has 1 rings (SSSR count). The van der Waals surface area contributed by atoms with Gasteiger partial charge in [-0.15, -0.1) is 0 Å². The molecule has 4 heteroatoms. The zero-order chi connectivity index (χ0) is 12.7. The number of hydrogen-bond donors (Lipinski definition) is 2. The van der Waals surface area contributed by atoms with Crippen molar-refractivity contribution >= 4 is 5.97 Å². The van der Waals surface area contributed by atoms with Crippen LogP contribution < -0.4 is 5.32 Å². The molecule has 17 heavy (non-hydrogen) atoms. The van der Waals surface area contributed by atoms with Gasteiger partial charge in [-0.25, -0.2) is 4.79 Å². The van der Waals surface area contributed by atoms with Crippen LogP contribution in [0.15, 0.2) is 34.5 Å². The zero-order valence-electron chi connectivity index (χ0n) is 10.3. The number of carbonyl (C=O) groups is 1. The first kappa shape index (κ1) is 13.5. The smallest absolute Gasteiger partial charge is 0.328 e. The molecule has 4 nitrogen and oxygen atoms in total. The van der Waals surface area contributed by atoms with Gasteiger partial charge < -0.3 is 14.8 Å². The summed E-state index contributed by atoms with van der Waals surface area (Å²) < 4.78 is 5.25. The second-order valence-electron chi connectivity index (χ2n) is 4.23. The highest BCUT2D eigenvalue weighted by atomic mass is 16.4. The van der Waals surface area contributed by atoms with Crippen LogP contribution in [0.4, 0.5) is 0 Å². The largest absolute Gasteiger partial charge is 0.478 e. The quantitative estimate of drug-likeness (QED) is 0.714. The van der Waals surface area contributed by atoms with Gasteiger partial charge in [0, 0.05) is 25.1 Å². The highest BCUT2D eigenvalue weighted by Crippen LogP contribution is 2.05. The van der Waals surface area contributed by atoms with Crippen molar-refractivity contribution in [2.45, 2.75) is 32.7 Å². The van der Waals surface area contributed by atoms with Crippen LogP contribution in [0, 0.1) is 0 Å². The van der Waals surface area contributed by atoms with E-state index in [-0.39, 0.29) is 0 Å². The first-order valence-corrected chi connectivity index (χ1v) is 5.74. The van der Waals surface area contributed by atoms with Crippen molar-refractivity contribution < 1.29 is 14.3 Å². The molecule has 0 bridgehead atoms. The maximum atomic E-state index is 10.4. The molecule has 0 aromatic carbocycles. The van der Waals surface area contributed by atoms with E-state index in [0.717, 1.165) is 24.2 Å². The molecule has 0 aliphatic rings. The minimum Gasteiger partial charge on any atom is -0.478 e. The molecule has 1 heterocycles. The topological polar surface area (TPSA) is 62.5 Å². The van der Waals surface area contributed by atoms with Crippen LogP contribution in [0.3, 0.4) is 0 Å². The first-order chi connectivity index (χ1) is 8.08. The second kappa shape index (κ2) is 6.91. The molecule has 0 fully saturated rings. The van der Waals surface area contributed by atoms with Crippen LogP contribution in [-0.4, -0.2) is 23.7 Å². The summed E-state index contributed by atoms with van der Waals surface area (Å²) in [7, 11) is 0. The van der Waals surface area contributed by atoms with E-state index >= 15 is 0 Å². The van der Waals surface area contributed by atoms with Gasteiger partial charge >= 0.3 is 5.97 Å². The van der Waals surface area contributed by atoms with Crippen molar-refractivity contribution in [1.82, 2.24) is 5.32 Å². The Balaban J connectivity index is 2.21. The van der Waals surface area contributed by atoms with Gasteiger partial charge in [-0.2, -0.15) is 0 Å². The Morgan fingerprint density at radius 1 is 1.65 bits per heavy atom. The number of carboxylic acid groups (broad SMARTS) is 1. The van der Waals surface area contributed by atoms with Gasteiger partial charge in [0.1, 0.15) is 5.76 Å². The van der Waals surface area contributed by atoms with Crippen molar-refractivity contribution in [1.29, 1.82) is 0 Å². The van der Waals surface area contributed by atoms with Gasteiger partial charge in [0.05, 0.1) is 6.26 Å². The summed E-state index contributed by atoms with van der Waals surface area (Å²) in [6.07, 6.45) is 4.76. The fraction of sp³-hybridized carbons (Fsp3) is 0.462. The van der Waals surface area contributed by atoms with Gasteiger partial charge in [0.25, 0.3) is 0 Å². The van der Waals surface area contributed by atoms with Crippen LogP contribution in [0.25, 0.3) is 0 Å². The average molecular weight is 237 g/mol. The zero-order valence-corrected chi connectivity index (χ0v) is 10.3. The molecular weight excluding hydrogens is 218 g/mol. The van der Waals surface area contributed by atoms with Crippen LogP contribution in [0.1, 0.15) is 26.0 Å². The third-order valence-electron chi connectivity index (χ3n) is 2.50. The van der Waals surface area contributed by atoms with E-state index in [1.807, 2.05) is 12.1 Å². The first-order valence-electron chi connectivity index (χ1n) is 5.74. The fourth-order valence-corrected chi connectivity index (χ4v) is 1.51. The Hall–Kier alpha value is -1.55. The van der Waals surface area contributed by atoms with Crippen molar-refractivity contribution in [2.24, 2.45) is 0 Å². The summed E-state index contributed by atoms with van der Waals surface area (Å²) in [6, 6.07) is 4.17. The molecule has 0 aliphatic heterocycles. The number of nitrogens with one attached hydrogen (secondary N) is 1. The van der Waals surface area contributed by atoms with E-state index < -0.39 is 5.97 Å². The Bertz CT molecular complexity index is 368. The van der Waals surface area contributed by atoms with Gasteiger partial charge in [-0.1, -0.05) is 5.57 Å². The summed E-state index contributed by atoms with van der Waals surface area (Å²) in [5.74, 6) is 0.0870. The molecule has 1 aromatic rings. The lowest BCUT2D eigenvalue weighted by Crippen LogP contribution is -2.28. The lowest BCUT2D eigenvalue weighted by atomic mass is 10.1. The van der Waals surface area contributed by atoms with Gasteiger partial charge in [-0.3, -0.25) is 0 Å². The maximum absolute atomic E-state index is 10.4. The van der Waals surface area contributed by atoms with E-state index in [9.17, 15) is 4.79 Å². The summed E-state index contributed by atoms with van der Waals surface area (Å²) in [6.45, 7) is 4.49. The minimum atomic E-state index is -0.896. The molecule has 1 aromatic heterocycles. The van der Waals surface area contributed by atoms with Gasteiger partial charge in [0.15, 0.2) is 0 Å². The molecule has 1 unspecified atom stereocenters. The van der Waals surface area contributed by atoms with Crippen molar-refractivity contribution in [3.8, 4) is 0 Å². The SMILES string of the molecule is C/C(=C\C(=O)O)CNC(C)CCc1ccco1. The summed E-state index contributed by atoms with van der Waals surface area (Å²) in [5, 5.41) is 11.8. The van der Waals surface area contributed by atoms with Crippen LogP contribution in [-0.2, 0) is 11.2 Å². The lowest BCUT2D eigenvalue weighted by molar-refractivity contribution is -0.131. The van der Waals surface area contributed by atoms with E-state index in [2.05, 4.69) is 12.2 Å². The number of aryl methyl sites for hydroxylation is 1. The number of carboxylic acids is 1. The highest BCUT2D eigenvalue weighted by Gasteiger charge is 2.04. The van der Waals surface area contributed by atoms with E-state index in [4.69, 9.17) is 9.52 Å². The normalized spacial score (nSPS) is 13.6. The molecule has 0 saturated heterocycles. The Labute approximate surface area is 101 Å². The molecule has 94 valence electrons. The lowest BCUT2D eigenvalue weighted by Gasteiger charge is -2.12. The van der Waals surface area contributed by atoms with Crippen molar-refractivity contribution in [2.75, 3.05) is 6.54 Å². The van der Waals surface area contributed by atoms with Crippen molar-refractivity contribution in [3.05, 3.63) is 35.8 Å². The predicted molar refractivity (Wildman–Crippen MR) is 65.9 cm³/mol. The predicted octanol–water partition coefficient (Wildman–Crippen LogP) is 2.22. The van der Waals surface area contributed by atoms with Crippen molar-refractivity contribution in [3.63, 3.8) is 0 Å². The Morgan fingerprint density at radius 2 is 2.41 bits per heavy atom. The molecular formula is C13H19NO3. The molecule has 0 saturated carbocycles. The molecule has 0 radical (unpaired) electrons. The number of furan rings is 1. The summed E-state index contributed by atoms with van der Waals surface area (Å²) in [5.41, 5.74) is 0.822. The second-order valence-corrected chi connectivity index (χ2v) is 4.23. The van der Waals surface area contributed by atoms with E-state index in [1.165, 1.54) is 6.08 Å². The fourth-order valence-electron chi connectivity index (χ4n) is 1.51. The molecule has 2 N–H and O–H groups in total. The molecule has 0 amide bonds. The Kier molecular flexibility index (Phi) is 5.49. The van der Waals surface area contributed by atoms with Crippen LogP contribution in [0.2, 0.25) is 0 Å². The number of hydrogen-bond acceptors (Lipinski definition) is 3. The maximum Gasteiger partial charge on any atom is 0.328 e. The number of rotatable bonds is 7. The van der Waals surface area contributed by atoms with Crippen LogP contribution >= 0.6 is 0 Å². The molecule has 0 spiro atoms. The van der Waals surface area contributed by atoms with E-state index in [0.29, 0.717) is 12.6 Å². The summed E-state index contributed by atoms with van der Waals surface area (Å²) in [4.78, 5) is 10.4. The standard InChI is InChI=1S/C13H19NO3/c1-10(8-13(15)16)9-14-11(2)5-6-12-4-3-7-17-12/h3-4,7-8,11,14H,5-6,9H2,1-2H3,(H,15,16)/b10-8+. The van der Waals surface area contributed by atoms with Gasteiger partial charge in [0.2, 0.25) is 0 Å². The Morgan fingerprint density at radius 3 is 3.00 bits per heavy atom. The third-order valence-corrected chi connectivity index (χ3v) is 2.50. The third kappa shape index (κ3) is 5.92.